The van der Waals surface area contributed by atoms with E-state index in [0.29, 0.717) is 12.8 Å². The van der Waals surface area contributed by atoms with E-state index in [1.807, 2.05) is 12.2 Å². The number of aliphatic hydroxyl groups excluding tert-OH is 1. The van der Waals surface area contributed by atoms with Gasteiger partial charge in [0, 0.05) is 19.3 Å². The predicted octanol–water partition coefficient (Wildman–Crippen LogP) is 8.93. The van der Waals surface area contributed by atoms with Crippen LogP contribution in [0.3, 0.4) is 0 Å². The minimum atomic E-state index is -0.861. The number of unbranched alkanes of at least 4 members (excludes halogenated alkanes) is 8. The molecule has 0 aliphatic carbocycles. The van der Waals surface area contributed by atoms with E-state index in [0.717, 1.165) is 44.4 Å². The summed E-state index contributed by atoms with van der Waals surface area (Å²) in [6.07, 6.45) is 31.7. The number of hydrogen-bond donors (Lipinski definition) is 1. The monoisotopic (exact) mass is 588 g/mol. The van der Waals surface area contributed by atoms with E-state index < -0.39 is 18.7 Å². The molecule has 0 aliphatic rings. The highest BCUT2D eigenvalue weighted by Crippen LogP contribution is 2.15. The number of aliphatic hydroxyl groups is 1. The lowest BCUT2D eigenvalue weighted by atomic mass is 10.00. The Hall–Kier alpha value is -2.47. The van der Waals surface area contributed by atoms with E-state index in [1.165, 1.54) is 57.4 Å². The van der Waals surface area contributed by atoms with Gasteiger partial charge >= 0.3 is 11.9 Å². The topological polar surface area (TPSA) is 89.9 Å². The summed E-state index contributed by atoms with van der Waals surface area (Å²) in [5, 5.41) is 9.47. The van der Waals surface area contributed by atoms with Crippen molar-refractivity contribution in [2.45, 2.75) is 142 Å². The molecule has 0 aromatic heterocycles. The molecule has 6 nitrogen and oxygen atoms in total. The summed E-state index contributed by atoms with van der Waals surface area (Å²) in [7, 11) is 0. The van der Waals surface area contributed by atoms with Crippen LogP contribution in [0, 0.1) is 5.92 Å². The quantitative estimate of drug-likeness (QED) is 0.0323. The first-order valence-corrected chi connectivity index (χ1v) is 16.5. The molecule has 0 rings (SSSR count). The van der Waals surface area contributed by atoms with Crippen LogP contribution in [-0.2, 0) is 23.9 Å². The first-order chi connectivity index (χ1) is 20.4. The molecule has 0 heterocycles. The molecule has 0 radical (unpaired) electrons. The van der Waals surface area contributed by atoms with Crippen molar-refractivity contribution in [2.24, 2.45) is 5.92 Å². The third-order valence-corrected chi connectivity index (χ3v) is 7.14. The van der Waals surface area contributed by atoms with Crippen LogP contribution >= 0.6 is 0 Å². The number of carbonyl (C=O) groups excluding carboxylic acids is 3. The standard InChI is InChI=1S/C36H60O6/c1-4-6-7-8-9-10-11-12-13-14-15-19-22-26-33(38)27-24-29-35(39)41-31-34(30-37)42-36(40)28-23-20-17-16-18-21-25-32(3)5-2/h9-10,12-13,15,19,22,26,32,34,37H,4-8,11,14,16-18,20-21,23-25,27-31H2,1-3H3/b10-9-,13-12-,19-15-,26-22+/t32?,34-/m0/s1. The lowest BCUT2D eigenvalue weighted by Gasteiger charge is -2.15. The minimum Gasteiger partial charge on any atom is -0.462 e. The van der Waals surface area contributed by atoms with Crippen molar-refractivity contribution in [1.29, 1.82) is 0 Å². The highest BCUT2D eigenvalue weighted by Gasteiger charge is 2.16. The summed E-state index contributed by atoms with van der Waals surface area (Å²) in [5.41, 5.74) is 0. The van der Waals surface area contributed by atoms with Gasteiger partial charge in [0.25, 0.3) is 0 Å². The number of esters is 2. The maximum Gasteiger partial charge on any atom is 0.306 e. The highest BCUT2D eigenvalue weighted by molar-refractivity contribution is 5.90. The van der Waals surface area contributed by atoms with Gasteiger partial charge in [0.1, 0.15) is 6.61 Å². The predicted molar refractivity (Wildman–Crippen MR) is 173 cm³/mol. The zero-order valence-electron chi connectivity index (χ0n) is 26.9. The molecular weight excluding hydrogens is 528 g/mol. The molecule has 1 unspecified atom stereocenters. The Bertz CT molecular complexity index is 795. The molecule has 6 heteroatoms. The lowest BCUT2D eigenvalue weighted by molar-refractivity contribution is -0.161. The van der Waals surface area contributed by atoms with Crippen LogP contribution in [0.15, 0.2) is 48.6 Å². The summed E-state index contributed by atoms with van der Waals surface area (Å²) in [6, 6.07) is 0. The van der Waals surface area contributed by atoms with Gasteiger partial charge in [-0.2, -0.15) is 0 Å². The molecule has 0 saturated carbocycles. The van der Waals surface area contributed by atoms with Crippen LogP contribution in [0.5, 0.6) is 0 Å². The van der Waals surface area contributed by atoms with Crippen LogP contribution in [0.25, 0.3) is 0 Å². The Balaban J connectivity index is 3.87. The smallest absolute Gasteiger partial charge is 0.306 e. The van der Waals surface area contributed by atoms with Gasteiger partial charge in [-0.15, -0.1) is 0 Å². The Morgan fingerprint density at radius 2 is 1.38 bits per heavy atom. The number of hydrogen-bond acceptors (Lipinski definition) is 6. The second-order valence-electron chi connectivity index (χ2n) is 11.2. The molecule has 0 fully saturated rings. The fraction of sp³-hybridized carbons (Fsp3) is 0.694. The average Bonchev–Trinajstić information content (AvgIpc) is 2.98. The Morgan fingerprint density at radius 3 is 2.10 bits per heavy atom. The van der Waals surface area contributed by atoms with Gasteiger partial charge in [-0.25, -0.2) is 0 Å². The van der Waals surface area contributed by atoms with Crippen molar-refractivity contribution in [3.05, 3.63) is 48.6 Å². The average molecular weight is 589 g/mol. The van der Waals surface area contributed by atoms with E-state index in [2.05, 4.69) is 45.1 Å². The van der Waals surface area contributed by atoms with Crippen molar-refractivity contribution < 1.29 is 29.0 Å². The Morgan fingerprint density at radius 1 is 0.714 bits per heavy atom. The number of ketones is 1. The summed E-state index contributed by atoms with van der Waals surface area (Å²) in [5.74, 6) is -0.102. The van der Waals surface area contributed by atoms with E-state index in [1.54, 1.807) is 6.08 Å². The van der Waals surface area contributed by atoms with Crippen molar-refractivity contribution in [3.63, 3.8) is 0 Å². The van der Waals surface area contributed by atoms with Crippen molar-refractivity contribution >= 4 is 17.7 Å². The summed E-state index contributed by atoms with van der Waals surface area (Å²) in [4.78, 5) is 36.0. The van der Waals surface area contributed by atoms with Crippen LogP contribution in [-0.4, -0.2) is 42.1 Å². The molecular formula is C36H60O6. The molecule has 2 atom stereocenters. The minimum absolute atomic E-state index is 0.0514. The third kappa shape index (κ3) is 27.7. The first-order valence-electron chi connectivity index (χ1n) is 16.5. The Kier molecular flexibility index (Phi) is 28.2. The molecule has 0 bridgehead atoms. The molecule has 0 aliphatic heterocycles. The molecule has 0 spiro atoms. The van der Waals surface area contributed by atoms with Crippen molar-refractivity contribution in [1.82, 2.24) is 0 Å². The number of ether oxygens (including phenoxy) is 2. The van der Waals surface area contributed by atoms with E-state index in [-0.39, 0.29) is 31.2 Å². The summed E-state index contributed by atoms with van der Waals surface area (Å²) < 4.78 is 10.4. The van der Waals surface area contributed by atoms with Crippen LogP contribution in [0.1, 0.15) is 136 Å². The largest absolute Gasteiger partial charge is 0.462 e. The van der Waals surface area contributed by atoms with Gasteiger partial charge in [0.2, 0.25) is 0 Å². The fourth-order valence-electron chi connectivity index (χ4n) is 4.19. The van der Waals surface area contributed by atoms with E-state index in [9.17, 15) is 19.5 Å². The van der Waals surface area contributed by atoms with Crippen molar-refractivity contribution in [3.8, 4) is 0 Å². The molecule has 1 N–H and O–H groups in total. The third-order valence-electron chi connectivity index (χ3n) is 7.14. The SMILES string of the molecule is CCCCC/C=C\C/C=C\C/C=C\C=C\C(=O)CCCC(=O)OC[C@H](CO)OC(=O)CCCCCCCCC(C)CC. The Labute approximate surface area is 256 Å². The zero-order valence-corrected chi connectivity index (χ0v) is 26.9. The molecule has 0 aromatic carbocycles. The lowest BCUT2D eigenvalue weighted by Crippen LogP contribution is -2.28. The molecule has 0 saturated heterocycles. The molecule has 240 valence electrons. The zero-order chi connectivity index (χ0) is 31.1. The summed E-state index contributed by atoms with van der Waals surface area (Å²) >= 11 is 0. The van der Waals surface area contributed by atoms with Crippen molar-refractivity contribution in [2.75, 3.05) is 13.2 Å². The molecule has 0 amide bonds. The van der Waals surface area contributed by atoms with Gasteiger partial charge in [-0.05, 0) is 50.5 Å². The van der Waals surface area contributed by atoms with E-state index in [4.69, 9.17) is 9.47 Å². The van der Waals surface area contributed by atoms with Gasteiger partial charge in [-0.3, -0.25) is 14.4 Å². The number of rotatable bonds is 28. The number of carbonyl (C=O) groups is 3. The van der Waals surface area contributed by atoms with Crippen LogP contribution < -0.4 is 0 Å². The molecule has 0 aromatic rings. The fourth-order valence-corrected chi connectivity index (χ4v) is 4.19. The van der Waals surface area contributed by atoms with Gasteiger partial charge in [0.15, 0.2) is 11.9 Å². The van der Waals surface area contributed by atoms with Crippen LogP contribution in [0.2, 0.25) is 0 Å². The second kappa shape index (κ2) is 30.0. The summed E-state index contributed by atoms with van der Waals surface area (Å²) in [6.45, 7) is 6.15. The highest BCUT2D eigenvalue weighted by atomic mass is 16.6. The second-order valence-corrected chi connectivity index (χ2v) is 11.2. The normalized spacial score (nSPS) is 13.4. The maximum absolute atomic E-state index is 12.1. The van der Waals surface area contributed by atoms with Crippen LogP contribution in [0.4, 0.5) is 0 Å². The maximum atomic E-state index is 12.1. The number of allylic oxidation sites excluding steroid dienone is 8. The van der Waals surface area contributed by atoms with Gasteiger partial charge in [-0.1, -0.05) is 121 Å². The first kappa shape index (κ1) is 39.5. The van der Waals surface area contributed by atoms with Gasteiger partial charge < -0.3 is 14.6 Å². The van der Waals surface area contributed by atoms with Gasteiger partial charge in [0.05, 0.1) is 6.61 Å². The van der Waals surface area contributed by atoms with E-state index >= 15 is 0 Å². The molecule has 42 heavy (non-hydrogen) atoms.